The van der Waals surface area contributed by atoms with E-state index < -0.39 is 5.60 Å². The van der Waals surface area contributed by atoms with Crippen LogP contribution in [0.5, 0.6) is 0 Å². The maximum absolute atomic E-state index is 9.68. The number of rotatable bonds is 5. The maximum atomic E-state index is 9.68. The van der Waals surface area contributed by atoms with Crippen LogP contribution in [0.4, 0.5) is 0 Å². The second-order valence-electron chi connectivity index (χ2n) is 4.75. The zero-order chi connectivity index (χ0) is 11.5. The van der Waals surface area contributed by atoms with Gasteiger partial charge in [-0.3, -0.25) is 4.68 Å². The summed E-state index contributed by atoms with van der Waals surface area (Å²) in [4.78, 5) is 0. The second-order valence-corrected chi connectivity index (χ2v) is 4.75. The first-order chi connectivity index (χ1) is 6.96. The lowest BCUT2D eigenvalue weighted by atomic mass is 10.0. The Hall–Kier alpha value is -0.830. The largest absolute Gasteiger partial charge is 0.390 e. The minimum absolute atomic E-state index is 0.487. The Balaban J connectivity index is 2.71. The van der Waals surface area contributed by atoms with Gasteiger partial charge < -0.3 is 5.11 Å². The van der Waals surface area contributed by atoms with Crippen molar-refractivity contribution in [2.45, 2.75) is 58.6 Å². The first kappa shape index (κ1) is 12.2. The zero-order valence-corrected chi connectivity index (χ0v) is 10.2. The van der Waals surface area contributed by atoms with E-state index in [-0.39, 0.29) is 0 Å². The van der Waals surface area contributed by atoms with Gasteiger partial charge in [0.1, 0.15) is 0 Å². The van der Waals surface area contributed by atoms with E-state index in [1.165, 1.54) is 0 Å². The molecular weight excluding hydrogens is 188 g/mol. The predicted molar refractivity (Wildman–Crippen MR) is 61.8 cm³/mol. The van der Waals surface area contributed by atoms with Crippen LogP contribution in [0.25, 0.3) is 0 Å². The molecule has 0 atom stereocenters. The van der Waals surface area contributed by atoms with Crippen LogP contribution in [0.3, 0.4) is 0 Å². The highest BCUT2D eigenvalue weighted by atomic mass is 16.3. The minimum atomic E-state index is -0.674. The van der Waals surface area contributed by atoms with Crippen molar-refractivity contribution < 1.29 is 5.11 Å². The highest BCUT2D eigenvalue weighted by molar-refractivity contribution is 5.03. The van der Waals surface area contributed by atoms with Gasteiger partial charge in [0.15, 0.2) is 0 Å². The van der Waals surface area contributed by atoms with Crippen molar-refractivity contribution in [2.24, 2.45) is 0 Å². The molecule has 0 amide bonds. The Bertz CT molecular complexity index is 295. The zero-order valence-electron chi connectivity index (χ0n) is 10.2. The average Bonchev–Trinajstić information content (AvgIpc) is 2.52. The molecule has 1 heterocycles. The summed E-state index contributed by atoms with van der Waals surface area (Å²) < 4.78 is 2.01. The van der Waals surface area contributed by atoms with Crippen molar-refractivity contribution in [1.82, 2.24) is 9.78 Å². The molecule has 3 nitrogen and oxygen atoms in total. The second kappa shape index (κ2) is 4.79. The highest BCUT2D eigenvalue weighted by Crippen LogP contribution is 2.16. The van der Waals surface area contributed by atoms with Gasteiger partial charge in [-0.2, -0.15) is 5.10 Å². The summed E-state index contributed by atoms with van der Waals surface area (Å²) in [5, 5.41) is 14.2. The van der Waals surface area contributed by atoms with Gasteiger partial charge in [0.2, 0.25) is 0 Å². The van der Waals surface area contributed by atoms with Gasteiger partial charge in [-0.05, 0) is 32.8 Å². The van der Waals surface area contributed by atoms with Crippen molar-refractivity contribution in [2.75, 3.05) is 0 Å². The average molecular weight is 210 g/mol. The Morgan fingerprint density at radius 1 is 1.40 bits per heavy atom. The lowest BCUT2D eigenvalue weighted by Crippen LogP contribution is -2.22. The van der Waals surface area contributed by atoms with Crippen molar-refractivity contribution in [3.8, 4) is 0 Å². The highest BCUT2D eigenvalue weighted by Gasteiger charge is 2.16. The van der Waals surface area contributed by atoms with Crippen LogP contribution < -0.4 is 0 Å². The lowest BCUT2D eigenvalue weighted by Gasteiger charge is -2.15. The Kier molecular flexibility index (Phi) is 3.91. The van der Waals surface area contributed by atoms with Crippen LogP contribution in [-0.4, -0.2) is 20.5 Å². The van der Waals surface area contributed by atoms with E-state index >= 15 is 0 Å². The summed E-state index contributed by atoms with van der Waals surface area (Å²) in [6, 6.07) is 2.48. The van der Waals surface area contributed by atoms with E-state index in [9.17, 15) is 5.11 Å². The lowest BCUT2D eigenvalue weighted by molar-refractivity contribution is 0.0797. The van der Waals surface area contributed by atoms with Gasteiger partial charge >= 0.3 is 0 Å². The smallest absolute Gasteiger partial charge is 0.0653 e. The summed E-state index contributed by atoms with van der Waals surface area (Å²) in [6.45, 7) is 7.96. The van der Waals surface area contributed by atoms with Crippen LogP contribution in [-0.2, 0) is 6.42 Å². The van der Waals surface area contributed by atoms with E-state index in [1.54, 1.807) is 0 Å². The molecule has 0 aliphatic rings. The molecule has 3 heteroatoms. The monoisotopic (exact) mass is 210 g/mol. The number of hydrogen-bond donors (Lipinski definition) is 1. The molecule has 1 aromatic rings. The summed E-state index contributed by atoms with van der Waals surface area (Å²) in [5.41, 5.74) is 0.294. The first-order valence-corrected chi connectivity index (χ1v) is 5.72. The number of hydrogen-bond acceptors (Lipinski definition) is 2. The fourth-order valence-corrected chi connectivity index (χ4v) is 1.78. The molecule has 1 rings (SSSR count). The molecule has 86 valence electrons. The third-order valence-electron chi connectivity index (χ3n) is 2.59. The Morgan fingerprint density at radius 2 is 2.00 bits per heavy atom. The summed E-state index contributed by atoms with van der Waals surface area (Å²) in [7, 11) is 0. The third kappa shape index (κ3) is 3.67. The van der Waals surface area contributed by atoms with Crippen molar-refractivity contribution >= 4 is 0 Å². The molecule has 0 aromatic carbocycles. The topological polar surface area (TPSA) is 38.0 Å². The van der Waals surface area contributed by atoms with Crippen LogP contribution >= 0.6 is 0 Å². The molecule has 0 bridgehead atoms. The van der Waals surface area contributed by atoms with Gasteiger partial charge in [0.25, 0.3) is 0 Å². The molecule has 15 heavy (non-hydrogen) atoms. The van der Waals surface area contributed by atoms with Gasteiger partial charge in [-0.25, -0.2) is 0 Å². The number of aromatic nitrogens is 2. The van der Waals surface area contributed by atoms with E-state index in [0.29, 0.717) is 12.5 Å². The molecule has 0 saturated carbocycles. The number of aliphatic hydroxyl groups is 1. The van der Waals surface area contributed by atoms with Gasteiger partial charge in [-0.15, -0.1) is 0 Å². The van der Waals surface area contributed by atoms with E-state index in [1.807, 2.05) is 30.8 Å². The van der Waals surface area contributed by atoms with Crippen molar-refractivity contribution in [1.29, 1.82) is 0 Å². The molecule has 0 aliphatic carbocycles. The number of nitrogens with zero attached hydrogens (tertiary/aromatic N) is 2. The SMILES string of the molecule is CCC(CC)n1ccc(CC(C)(C)O)n1. The molecule has 0 unspecified atom stereocenters. The summed E-state index contributed by atoms with van der Waals surface area (Å²) in [5.74, 6) is 0. The Labute approximate surface area is 92.1 Å². The quantitative estimate of drug-likeness (QED) is 0.811. The van der Waals surface area contributed by atoms with Crippen molar-refractivity contribution in [3.63, 3.8) is 0 Å². The van der Waals surface area contributed by atoms with Crippen LogP contribution in [0.2, 0.25) is 0 Å². The standard InChI is InChI=1S/C12H22N2O/c1-5-11(6-2)14-8-7-10(13-14)9-12(3,4)15/h7-8,11,15H,5-6,9H2,1-4H3. The third-order valence-corrected chi connectivity index (χ3v) is 2.59. The fourth-order valence-electron chi connectivity index (χ4n) is 1.78. The van der Waals surface area contributed by atoms with Crippen LogP contribution in [0.15, 0.2) is 12.3 Å². The molecule has 0 saturated heterocycles. The van der Waals surface area contributed by atoms with Crippen molar-refractivity contribution in [3.05, 3.63) is 18.0 Å². The maximum Gasteiger partial charge on any atom is 0.0653 e. The van der Waals surface area contributed by atoms with Crippen LogP contribution in [0, 0.1) is 0 Å². The van der Waals surface area contributed by atoms with Crippen LogP contribution in [0.1, 0.15) is 52.3 Å². The Morgan fingerprint density at radius 3 is 2.47 bits per heavy atom. The molecule has 0 aliphatic heterocycles. The van der Waals surface area contributed by atoms with E-state index in [0.717, 1.165) is 18.5 Å². The van der Waals surface area contributed by atoms with Gasteiger partial charge in [0.05, 0.1) is 17.3 Å². The molecule has 0 fully saturated rings. The first-order valence-electron chi connectivity index (χ1n) is 5.72. The summed E-state index contributed by atoms with van der Waals surface area (Å²) >= 11 is 0. The van der Waals surface area contributed by atoms with E-state index in [4.69, 9.17) is 0 Å². The van der Waals surface area contributed by atoms with E-state index in [2.05, 4.69) is 18.9 Å². The minimum Gasteiger partial charge on any atom is -0.390 e. The summed E-state index contributed by atoms with van der Waals surface area (Å²) in [6.07, 6.45) is 4.82. The molecule has 1 aromatic heterocycles. The fraction of sp³-hybridized carbons (Fsp3) is 0.750. The normalized spacial score (nSPS) is 12.4. The molecule has 0 radical (unpaired) electrons. The van der Waals surface area contributed by atoms with Gasteiger partial charge in [-0.1, -0.05) is 13.8 Å². The van der Waals surface area contributed by atoms with Gasteiger partial charge in [0, 0.05) is 12.6 Å². The molecule has 0 spiro atoms. The predicted octanol–water partition coefficient (Wildman–Crippen LogP) is 2.56. The molecular formula is C12H22N2O. The molecule has 1 N–H and O–H groups in total.